The second-order valence-corrected chi connectivity index (χ2v) is 8.09. The van der Waals surface area contributed by atoms with E-state index in [-0.39, 0.29) is 17.5 Å². The van der Waals surface area contributed by atoms with Gasteiger partial charge in [-0.05, 0) is 38.8 Å². The zero-order valence-corrected chi connectivity index (χ0v) is 14.8. The van der Waals surface area contributed by atoms with E-state index in [0.29, 0.717) is 24.4 Å². The molecule has 2 aromatic rings. The second kappa shape index (κ2) is 6.57. The number of hydrogen-bond acceptors (Lipinski definition) is 5. The lowest BCUT2D eigenvalue weighted by molar-refractivity contribution is -0.143. The Balaban J connectivity index is 1.98. The Morgan fingerprint density at radius 3 is 2.72 bits per heavy atom. The number of carboxylic acids is 1. The van der Waals surface area contributed by atoms with Gasteiger partial charge >= 0.3 is 5.97 Å². The Hall–Kier alpha value is -2.26. The SMILES string of the molecule is Cc1c(S(=O)(=O)N2CC(C(=O)O)CCC2C)cnn1-c1ccccn1. The first-order valence-electron chi connectivity index (χ1n) is 8.03. The number of pyridine rings is 1. The normalized spacial score (nSPS) is 22.0. The summed E-state index contributed by atoms with van der Waals surface area (Å²) < 4.78 is 28.9. The highest BCUT2D eigenvalue weighted by molar-refractivity contribution is 7.89. The topological polar surface area (TPSA) is 105 Å². The van der Waals surface area contributed by atoms with Crippen LogP contribution in [-0.4, -0.2) is 51.1 Å². The maximum Gasteiger partial charge on any atom is 0.307 e. The first-order valence-corrected chi connectivity index (χ1v) is 9.47. The molecule has 2 aromatic heterocycles. The molecule has 25 heavy (non-hydrogen) atoms. The van der Waals surface area contributed by atoms with Crippen molar-refractivity contribution in [1.29, 1.82) is 0 Å². The molecule has 1 aliphatic rings. The minimum Gasteiger partial charge on any atom is -0.481 e. The van der Waals surface area contributed by atoms with E-state index in [1.165, 1.54) is 15.2 Å². The highest BCUT2D eigenvalue weighted by atomic mass is 32.2. The summed E-state index contributed by atoms with van der Waals surface area (Å²) in [5.74, 6) is -1.12. The largest absolute Gasteiger partial charge is 0.481 e. The molecule has 0 spiro atoms. The summed E-state index contributed by atoms with van der Waals surface area (Å²) in [7, 11) is -3.84. The Kier molecular flexibility index (Phi) is 4.61. The molecule has 1 fully saturated rings. The molecule has 9 heteroatoms. The maximum atomic E-state index is 13.1. The quantitative estimate of drug-likeness (QED) is 0.880. The van der Waals surface area contributed by atoms with Crippen LogP contribution >= 0.6 is 0 Å². The van der Waals surface area contributed by atoms with Crippen molar-refractivity contribution in [3.63, 3.8) is 0 Å². The summed E-state index contributed by atoms with van der Waals surface area (Å²) in [6.07, 6.45) is 3.91. The fourth-order valence-electron chi connectivity index (χ4n) is 3.10. The Morgan fingerprint density at radius 1 is 1.32 bits per heavy atom. The number of rotatable bonds is 4. The smallest absolute Gasteiger partial charge is 0.307 e. The molecule has 0 amide bonds. The van der Waals surface area contributed by atoms with Crippen molar-refractivity contribution in [3.8, 4) is 5.82 Å². The zero-order valence-electron chi connectivity index (χ0n) is 14.0. The third-order valence-electron chi connectivity index (χ3n) is 4.59. The molecule has 1 aliphatic heterocycles. The highest BCUT2D eigenvalue weighted by Gasteiger charge is 2.38. The number of sulfonamides is 1. The molecule has 3 heterocycles. The summed E-state index contributed by atoms with van der Waals surface area (Å²) in [5, 5.41) is 13.4. The van der Waals surface area contributed by atoms with Crippen LogP contribution in [0.5, 0.6) is 0 Å². The summed E-state index contributed by atoms with van der Waals surface area (Å²) in [6, 6.07) is 5.04. The van der Waals surface area contributed by atoms with Gasteiger partial charge in [0, 0.05) is 18.8 Å². The van der Waals surface area contributed by atoms with Crippen molar-refractivity contribution in [3.05, 3.63) is 36.3 Å². The first kappa shape index (κ1) is 17.6. The monoisotopic (exact) mass is 364 g/mol. The molecule has 0 aliphatic carbocycles. The van der Waals surface area contributed by atoms with Crippen LogP contribution in [0.25, 0.3) is 5.82 Å². The lowest BCUT2D eigenvalue weighted by Gasteiger charge is -2.35. The number of piperidine rings is 1. The van der Waals surface area contributed by atoms with Gasteiger partial charge in [0.2, 0.25) is 10.0 Å². The highest BCUT2D eigenvalue weighted by Crippen LogP contribution is 2.30. The van der Waals surface area contributed by atoms with Gasteiger partial charge in [0.15, 0.2) is 5.82 Å². The van der Waals surface area contributed by atoms with Crippen LogP contribution in [-0.2, 0) is 14.8 Å². The number of carboxylic acid groups (broad SMARTS) is 1. The third-order valence-corrected chi connectivity index (χ3v) is 6.67. The van der Waals surface area contributed by atoms with E-state index in [9.17, 15) is 18.3 Å². The summed E-state index contributed by atoms with van der Waals surface area (Å²) in [4.78, 5) is 15.5. The van der Waals surface area contributed by atoms with Gasteiger partial charge in [0.05, 0.1) is 17.8 Å². The van der Waals surface area contributed by atoms with E-state index < -0.39 is 21.9 Å². The van der Waals surface area contributed by atoms with Gasteiger partial charge in [-0.3, -0.25) is 4.79 Å². The van der Waals surface area contributed by atoms with Gasteiger partial charge in [-0.1, -0.05) is 6.07 Å². The molecule has 8 nitrogen and oxygen atoms in total. The van der Waals surface area contributed by atoms with Crippen molar-refractivity contribution in [2.45, 2.75) is 37.6 Å². The van der Waals surface area contributed by atoms with E-state index >= 15 is 0 Å². The second-order valence-electron chi connectivity index (χ2n) is 6.23. The molecule has 0 aromatic carbocycles. The van der Waals surface area contributed by atoms with E-state index in [4.69, 9.17) is 0 Å². The minimum atomic E-state index is -3.84. The standard InChI is InChI=1S/C16H20N4O4S/c1-11-6-7-13(16(21)22)10-19(11)25(23,24)14-9-18-20(12(14)2)15-5-3-4-8-17-15/h3-5,8-9,11,13H,6-7,10H2,1-2H3,(H,21,22). The van der Waals surface area contributed by atoms with E-state index in [1.807, 2.05) is 0 Å². The Morgan fingerprint density at radius 2 is 2.08 bits per heavy atom. The molecule has 1 saturated heterocycles. The number of nitrogens with zero attached hydrogens (tertiary/aromatic N) is 4. The molecular weight excluding hydrogens is 344 g/mol. The average molecular weight is 364 g/mol. The van der Waals surface area contributed by atoms with Gasteiger partial charge in [0.1, 0.15) is 4.90 Å². The number of aliphatic carboxylic acids is 1. The van der Waals surface area contributed by atoms with Gasteiger partial charge in [-0.25, -0.2) is 18.1 Å². The first-order chi connectivity index (χ1) is 11.8. The Labute approximate surface area is 146 Å². The molecular formula is C16H20N4O4S. The molecule has 1 N–H and O–H groups in total. The van der Waals surface area contributed by atoms with Crippen LogP contribution in [0.2, 0.25) is 0 Å². The summed E-state index contributed by atoms with van der Waals surface area (Å²) in [5.41, 5.74) is 0.448. The van der Waals surface area contributed by atoms with Crippen molar-refractivity contribution >= 4 is 16.0 Å². The van der Waals surface area contributed by atoms with Gasteiger partial charge in [-0.15, -0.1) is 0 Å². The molecule has 2 unspecified atom stereocenters. The van der Waals surface area contributed by atoms with Gasteiger partial charge < -0.3 is 5.11 Å². The van der Waals surface area contributed by atoms with E-state index in [2.05, 4.69) is 10.1 Å². The predicted octanol–water partition coefficient (Wildman–Crippen LogP) is 1.45. The van der Waals surface area contributed by atoms with E-state index in [1.54, 1.807) is 38.2 Å². The predicted molar refractivity (Wildman–Crippen MR) is 89.8 cm³/mol. The molecule has 0 bridgehead atoms. The van der Waals surface area contributed by atoms with Crippen LogP contribution in [0.15, 0.2) is 35.5 Å². The van der Waals surface area contributed by atoms with Crippen molar-refractivity contribution in [2.24, 2.45) is 5.92 Å². The fourth-order valence-corrected chi connectivity index (χ4v) is 4.94. The number of aromatic nitrogens is 3. The van der Waals surface area contributed by atoms with Crippen LogP contribution in [0.1, 0.15) is 25.5 Å². The van der Waals surface area contributed by atoms with E-state index in [0.717, 1.165) is 0 Å². The van der Waals surface area contributed by atoms with Crippen LogP contribution in [0.4, 0.5) is 0 Å². The zero-order chi connectivity index (χ0) is 18.2. The molecule has 134 valence electrons. The van der Waals surface area contributed by atoms with Crippen LogP contribution in [0.3, 0.4) is 0 Å². The summed E-state index contributed by atoms with van der Waals surface area (Å²) in [6.45, 7) is 3.44. The summed E-state index contributed by atoms with van der Waals surface area (Å²) >= 11 is 0. The maximum absolute atomic E-state index is 13.1. The molecule has 0 radical (unpaired) electrons. The molecule has 3 rings (SSSR count). The fraction of sp³-hybridized carbons (Fsp3) is 0.438. The average Bonchev–Trinajstić information content (AvgIpc) is 2.98. The lowest BCUT2D eigenvalue weighted by atomic mass is 9.96. The van der Waals surface area contributed by atoms with Crippen molar-refractivity contribution in [2.75, 3.05) is 6.54 Å². The number of carbonyl (C=O) groups is 1. The van der Waals surface area contributed by atoms with Crippen molar-refractivity contribution < 1.29 is 18.3 Å². The van der Waals surface area contributed by atoms with Crippen molar-refractivity contribution in [1.82, 2.24) is 19.1 Å². The van der Waals surface area contributed by atoms with Crippen LogP contribution in [0, 0.1) is 12.8 Å². The van der Waals surface area contributed by atoms with Gasteiger partial charge in [-0.2, -0.15) is 9.40 Å². The van der Waals surface area contributed by atoms with Crippen LogP contribution < -0.4 is 0 Å². The lowest BCUT2D eigenvalue weighted by Crippen LogP contribution is -2.47. The number of hydrogen-bond donors (Lipinski definition) is 1. The Bertz CT molecular complexity index is 879. The molecule has 2 atom stereocenters. The third kappa shape index (κ3) is 3.16. The van der Waals surface area contributed by atoms with Gasteiger partial charge in [0.25, 0.3) is 0 Å². The molecule has 0 saturated carbocycles. The minimum absolute atomic E-state index is 0.0208.